The Hall–Kier alpha value is -1.10. The van der Waals surface area contributed by atoms with Crippen molar-refractivity contribution < 1.29 is 4.74 Å². The summed E-state index contributed by atoms with van der Waals surface area (Å²) in [5, 5.41) is 0. The second-order valence-corrected chi connectivity index (χ2v) is 6.35. The molecule has 0 aliphatic carbocycles. The maximum absolute atomic E-state index is 6.32. The quantitative estimate of drug-likeness (QED) is 0.870. The molecule has 0 saturated carbocycles. The lowest BCUT2D eigenvalue weighted by atomic mass is 9.96. The Kier molecular flexibility index (Phi) is 6.03. The van der Waals surface area contributed by atoms with E-state index in [1.54, 1.807) is 7.11 Å². The van der Waals surface area contributed by atoms with Gasteiger partial charge in [-0.1, -0.05) is 12.1 Å². The molecule has 21 heavy (non-hydrogen) atoms. The van der Waals surface area contributed by atoms with Gasteiger partial charge in [0.25, 0.3) is 0 Å². The van der Waals surface area contributed by atoms with Crippen LogP contribution in [0.15, 0.2) is 24.3 Å². The lowest BCUT2D eigenvalue weighted by Gasteiger charge is -2.32. The van der Waals surface area contributed by atoms with Crippen LogP contribution in [0.2, 0.25) is 0 Å². The molecule has 1 heterocycles. The van der Waals surface area contributed by atoms with E-state index in [1.807, 2.05) is 12.1 Å². The zero-order chi connectivity index (χ0) is 15.2. The summed E-state index contributed by atoms with van der Waals surface area (Å²) in [5.74, 6) is 1.69. The molecule has 0 aromatic heterocycles. The van der Waals surface area contributed by atoms with Gasteiger partial charge in [0.15, 0.2) is 0 Å². The molecule has 0 radical (unpaired) electrons. The van der Waals surface area contributed by atoms with Crippen LogP contribution in [0.25, 0.3) is 0 Å². The number of likely N-dealkylation sites (N-methyl/N-ethyl adjacent to an activating group) is 1. The first-order valence-electron chi connectivity index (χ1n) is 7.85. The molecular formula is C17H29N3O. The van der Waals surface area contributed by atoms with Gasteiger partial charge < -0.3 is 20.3 Å². The van der Waals surface area contributed by atoms with Crippen molar-refractivity contribution in [2.75, 3.05) is 47.4 Å². The number of nitrogens with two attached hydrogens (primary N) is 1. The van der Waals surface area contributed by atoms with Crippen LogP contribution in [-0.4, -0.2) is 57.2 Å². The third-order valence-corrected chi connectivity index (χ3v) is 4.46. The highest BCUT2D eigenvalue weighted by Gasteiger charge is 2.19. The molecule has 1 aliphatic heterocycles. The molecule has 0 spiro atoms. The van der Waals surface area contributed by atoms with Gasteiger partial charge in [0, 0.05) is 19.1 Å². The van der Waals surface area contributed by atoms with Crippen LogP contribution in [0.3, 0.4) is 0 Å². The molecule has 1 aromatic carbocycles. The lowest BCUT2D eigenvalue weighted by molar-refractivity contribution is 0.172. The molecule has 1 aliphatic rings. The van der Waals surface area contributed by atoms with Crippen molar-refractivity contribution in [2.24, 2.45) is 11.7 Å². The van der Waals surface area contributed by atoms with Gasteiger partial charge in [-0.2, -0.15) is 0 Å². The highest BCUT2D eigenvalue weighted by atomic mass is 16.5. The van der Waals surface area contributed by atoms with Crippen LogP contribution in [0, 0.1) is 5.92 Å². The number of rotatable bonds is 6. The average Bonchev–Trinajstić information content (AvgIpc) is 2.49. The zero-order valence-electron chi connectivity index (χ0n) is 13.6. The van der Waals surface area contributed by atoms with E-state index in [0.29, 0.717) is 0 Å². The molecule has 4 nitrogen and oxygen atoms in total. The van der Waals surface area contributed by atoms with E-state index in [4.69, 9.17) is 10.5 Å². The van der Waals surface area contributed by atoms with Crippen molar-refractivity contribution in [1.29, 1.82) is 0 Å². The summed E-state index contributed by atoms with van der Waals surface area (Å²) < 4.78 is 5.18. The van der Waals surface area contributed by atoms with Gasteiger partial charge in [-0.15, -0.1) is 0 Å². The van der Waals surface area contributed by atoms with Crippen molar-refractivity contribution in [1.82, 2.24) is 9.80 Å². The molecule has 1 saturated heterocycles. The molecule has 2 rings (SSSR count). The van der Waals surface area contributed by atoms with Gasteiger partial charge in [0.05, 0.1) is 7.11 Å². The summed E-state index contributed by atoms with van der Waals surface area (Å²) in [5.41, 5.74) is 7.50. The Morgan fingerprint density at radius 3 is 2.48 bits per heavy atom. The van der Waals surface area contributed by atoms with Crippen LogP contribution < -0.4 is 10.5 Å². The molecule has 0 amide bonds. The molecule has 0 bridgehead atoms. The fourth-order valence-electron chi connectivity index (χ4n) is 3.05. The maximum Gasteiger partial charge on any atom is 0.118 e. The average molecular weight is 291 g/mol. The topological polar surface area (TPSA) is 41.7 Å². The van der Waals surface area contributed by atoms with Crippen molar-refractivity contribution >= 4 is 0 Å². The Bertz CT molecular complexity index is 413. The minimum atomic E-state index is 0.0622. The predicted octanol–water partition coefficient (Wildman–Crippen LogP) is 1.97. The number of methoxy groups -OCH3 is 1. The zero-order valence-corrected chi connectivity index (χ0v) is 13.6. The number of piperidine rings is 1. The summed E-state index contributed by atoms with van der Waals surface area (Å²) in [4.78, 5) is 4.80. The molecule has 1 aromatic rings. The van der Waals surface area contributed by atoms with Crippen LogP contribution >= 0.6 is 0 Å². The second kappa shape index (κ2) is 7.78. The fourth-order valence-corrected chi connectivity index (χ4v) is 3.05. The van der Waals surface area contributed by atoms with Crippen LogP contribution in [0.5, 0.6) is 5.75 Å². The fraction of sp³-hybridized carbons (Fsp3) is 0.647. The van der Waals surface area contributed by atoms with Gasteiger partial charge >= 0.3 is 0 Å². The number of ether oxygens (including phenoxy) is 1. The third kappa shape index (κ3) is 4.99. The van der Waals surface area contributed by atoms with E-state index in [0.717, 1.165) is 24.8 Å². The van der Waals surface area contributed by atoms with Crippen LogP contribution in [0.1, 0.15) is 24.4 Å². The summed E-state index contributed by atoms with van der Waals surface area (Å²) in [6.45, 7) is 4.50. The largest absolute Gasteiger partial charge is 0.497 e. The first-order valence-corrected chi connectivity index (χ1v) is 7.85. The van der Waals surface area contributed by atoms with Crippen molar-refractivity contribution in [3.8, 4) is 5.75 Å². The number of hydrogen-bond acceptors (Lipinski definition) is 4. The van der Waals surface area contributed by atoms with E-state index in [1.165, 1.54) is 31.5 Å². The van der Waals surface area contributed by atoms with Gasteiger partial charge in [0.1, 0.15) is 5.75 Å². The van der Waals surface area contributed by atoms with E-state index < -0.39 is 0 Å². The molecule has 1 atom stereocenters. The Balaban J connectivity index is 1.79. The Morgan fingerprint density at radius 1 is 1.29 bits per heavy atom. The van der Waals surface area contributed by atoms with Crippen LogP contribution in [0.4, 0.5) is 0 Å². The number of nitrogens with zero attached hydrogens (tertiary/aromatic N) is 2. The van der Waals surface area contributed by atoms with Gasteiger partial charge in [0.2, 0.25) is 0 Å². The van der Waals surface area contributed by atoms with Crippen molar-refractivity contribution in [2.45, 2.75) is 18.9 Å². The molecule has 118 valence electrons. The minimum Gasteiger partial charge on any atom is -0.497 e. The highest BCUT2D eigenvalue weighted by Crippen LogP contribution is 2.19. The van der Waals surface area contributed by atoms with Crippen LogP contribution in [-0.2, 0) is 0 Å². The molecule has 1 unspecified atom stereocenters. The summed E-state index contributed by atoms with van der Waals surface area (Å²) in [7, 11) is 6.07. The number of benzene rings is 1. The molecule has 2 N–H and O–H groups in total. The van der Waals surface area contributed by atoms with Gasteiger partial charge in [-0.3, -0.25) is 0 Å². The molecular weight excluding hydrogens is 262 g/mol. The molecule has 1 fully saturated rings. The summed E-state index contributed by atoms with van der Waals surface area (Å²) >= 11 is 0. The monoisotopic (exact) mass is 291 g/mol. The smallest absolute Gasteiger partial charge is 0.118 e. The second-order valence-electron chi connectivity index (χ2n) is 6.35. The van der Waals surface area contributed by atoms with E-state index in [9.17, 15) is 0 Å². The van der Waals surface area contributed by atoms with E-state index >= 15 is 0 Å². The number of hydrogen-bond donors (Lipinski definition) is 1. The predicted molar refractivity (Wildman–Crippen MR) is 87.6 cm³/mol. The Labute approximate surface area is 128 Å². The van der Waals surface area contributed by atoms with Gasteiger partial charge in [-0.05, 0) is 63.6 Å². The summed E-state index contributed by atoms with van der Waals surface area (Å²) in [6.07, 6.45) is 2.61. The van der Waals surface area contributed by atoms with Gasteiger partial charge in [-0.25, -0.2) is 0 Å². The summed E-state index contributed by atoms with van der Waals surface area (Å²) in [6, 6.07) is 8.14. The Morgan fingerprint density at radius 2 is 1.90 bits per heavy atom. The minimum absolute atomic E-state index is 0.0622. The third-order valence-electron chi connectivity index (χ3n) is 4.46. The lowest BCUT2D eigenvalue weighted by Crippen LogP contribution is -2.38. The van der Waals surface area contributed by atoms with Crippen molar-refractivity contribution in [3.05, 3.63) is 29.8 Å². The first kappa shape index (κ1) is 16.3. The number of likely N-dealkylation sites (tertiary alicyclic amines) is 1. The standard InChI is InChI=1S/C17H29N3O/c1-19-10-8-14(9-11-19)12-20(2)13-17(18)15-4-6-16(21-3)7-5-15/h4-7,14,17H,8-13,18H2,1-3H3. The van der Waals surface area contributed by atoms with Crippen molar-refractivity contribution in [3.63, 3.8) is 0 Å². The first-order chi connectivity index (χ1) is 10.1. The van der Waals surface area contributed by atoms with E-state index in [-0.39, 0.29) is 6.04 Å². The SMILES string of the molecule is COc1ccc(C(N)CN(C)CC2CCN(C)CC2)cc1. The molecule has 4 heteroatoms. The normalized spacial score (nSPS) is 18.9. The maximum atomic E-state index is 6.32. The highest BCUT2D eigenvalue weighted by molar-refractivity contribution is 5.29. The van der Waals surface area contributed by atoms with E-state index in [2.05, 4.69) is 36.0 Å².